The van der Waals surface area contributed by atoms with Gasteiger partial charge < -0.3 is 20.7 Å². The maximum atomic E-state index is 11.3. The number of nitrogens with zero attached hydrogens (tertiary/aromatic N) is 1. The van der Waals surface area contributed by atoms with E-state index in [4.69, 9.17) is 20.7 Å². The Hall–Kier alpha value is -0.690. The number of nitrogens with two attached hydrogens (primary N) is 1. The molecule has 2 atom stereocenters. The number of esters is 1. The third-order valence-electron chi connectivity index (χ3n) is 2.74. The van der Waals surface area contributed by atoms with Crippen LogP contribution in [0.15, 0.2) is 0 Å². The Balaban J connectivity index is 2.14. The average molecular weight is 232 g/mol. The second kappa shape index (κ2) is 5.58. The van der Waals surface area contributed by atoms with Gasteiger partial charge in [-0.15, -0.1) is 0 Å². The molecular formula is C10H20N2O4. The van der Waals surface area contributed by atoms with Crippen molar-refractivity contribution in [2.24, 2.45) is 5.73 Å². The number of hydrogen-bond acceptors (Lipinski definition) is 6. The summed E-state index contributed by atoms with van der Waals surface area (Å²) in [5, 5.41) is 17.8. The lowest BCUT2D eigenvalue weighted by Crippen LogP contribution is -2.51. The molecule has 0 amide bonds. The highest BCUT2D eigenvalue weighted by Gasteiger charge is 2.29. The molecule has 0 spiro atoms. The van der Waals surface area contributed by atoms with E-state index in [0.717, 1.165) is 6.54 Å². The van der Waals surface area contributed by atoms with Crippen molar-refractivity contribution in [2.75, 3.05) is 32.9 Å². The fraction of sp³-hybridized carbons (Fsp3) is 0.900. The van der Waals surface area contributed by atoms with Crippen molar-refractivity contribution in [2.45, 2.75) is 24.9 Å². The molecule has 0 saturated carbocycles. The van der Waals surface area contributed by atoms with Crippen molar-refractivity contribution >= 4 is 5.97 Å². The highest BCUT2D eigenvalue weighted by molar-refractivity contribution is 5.69. The van der Waals surface area contributed by atoms with Crippen molar-refractivity contribution in [1.82, 2.24) is 4.90 Å². The summed E-state index contributed by atoms with van der Waals surface area (Å²) in [5.41, 5.74) is 4.31. The second-order valence-electron chi connectivity index (χ2n) is 4.43. The van der Waals surface area contributed by atoms with Gasteiger partial charge in [0.25, 0.3) is 0 Å². The van der Waals surface area contributed by atoms with E-state index in [1.807, 2.05) is 0 Å². The molecule has 1 fully saturated rings. The predicted octanol–water partition coefficient (Wildman–Crippen LogP) is -1.69. The Bertz CT molecular complexity index is 243. The lowest BCUT2D eigenvalue weighted by atomic mass is 10.1. The summed E-state index contributed by atoms with van der Waals surface area (Å²) in [5.74, 6) is -0.351. The van der Waals surface area contributed by atoms with Crippen LogP contribution in [0.25, 0.3) is 0 Å². The van der Waals surface area contributed by atoms with E-state index in [1.165, 1.54) is 0 Å². The zero-order valence-electron chi connectivity index (χ0n) is 9.56. The second-order valence-corrected chi connectivity index (χ2v) is 4.43. The van der Waals surface area contributed by atoms with Gasteiger partial charge in [-0.1, -0.05) is 0 Å². The largest absolute Gasteiger partial charge is 0.463 e. The van der Waals surface area contributed by atoms with Gasteiger partial charge in [-0.05, 0) is 6.92 Å². The monoisotopic (exact) mass is 232 g/mol. The van der Waals surface area contributed by atoms with Crippen molar-refractivity contribution in [3.8, 4) is 0 Å². The van der Waals surface area contributed by atoms with Crippen LogP contribution in [0.3, 0.4) is 0 Å². The van der Waals surface area contributed by atoms with Crippen LogP contribution in [0.4, 0.5) is 0 Å². The van der Waals surface area contributed by atoms with Crippen LogP contribution in [-0.4, -0.2) is 65.6 Å². The highest BCUT2D eigenvalue weighted by Crippen LogP contribution is 2.15. The van der Waals surface area contributed by atoms with Crippen LogP contribution in [0.5, 0.6) is 0 Å². The van der Waals surface area contributed by atoms with Gasteiger partial charge in [0.15, 0.2) is 0 Å². The van der Waals surface area contributed by atoms with Gasteiger partial charge in [0.1, 0.15) is 6.61 Å². The summed E-state index contributed by atoms with van der Waals surface area (Å²) in [4.78, 5) is 13.4. The first-order chi connectivity index (χ1) is 7.50. The number of hydrogen-bond donors (Lipinski definition) is 3. The molecule has 0 aromatic heterocycles. The minimum absolute atomic E-state index is 0.158. The maximum absolute atomic E-state index is 11.3. The Morgan fingerprint density at radius 1 is 1.56 bits per heavy atom. The quantitative estimate of drug-likeness (QED) is 0.358. The van der Waals surface area contributed by atoms with Gasteiger partial charge in [-0.25, -0.2) is 0 Å². The van der Waals surface area contributed by atoms with Gasteiger partial charge in [0.05, 0.1) is 25.2 Å². The molecule has 1 saturated heterocycles. The molecule has 2 unspecified atom stereocenters. The van der Waals surface area contributed by atoms with E-state index in [2.05, 4.69) is 11.8 Å². The Morgan fingerprint density at radius 2 is 2.12 bits per heavy atom. The van der Waals surface area contributed by atoms with Gasteiger partial charge >= 0.3 is 5.97 Å². The number of carbonyl (C=O) groups excluding carboxylic acids is 1. The Kier molecular flexibility index (Phi) is 4.67. The van der Waals surface area contributed by atoms with E-state index < -0.39 is 18.8 Å². The van der Waals surface area contributed by atoms with Crippen LogP contribution < -0.4 is 5.73 Å². The molecule has 16 heavy (non-hydrogen) atoms. The number of rotatable bonds is 7. The zero-order chi connectivity index (χ0) is 12.2. The van der Waals surface area contributed by atoms with Gasteiger partial charge in [0.2, 0.25) is 0 Å². The normalized spacial score (nSPS) is 24.2. The maximum Gasteiger partial charge on any atom is 0.307 e. The number of aliphatic hydroxyl groups is 2. The summed E-state index contributed by atoms with van der Waals surface area (Å²) >= 11 is 0. The number of ether oxygens (including phenoxy) is 1. The molecule has 6 heteroatoms. The third-order valence-corrected chi connectivity index (χ3v) is 2.74. The first kappa shape index (κ1) is 13.4. The first-order valence-electron chi connectivity index (χ1n) is 5.41. The third kappa shape index (κ3) is 4.05. The van der Waals surface area contributed by atoms with Crippen LogP contribution in [-0.2, 0) is 9.53 Å². The zero-order valence-corrected chi connectivity index (χ0v) is 9.56. The minimum Gasteiger partial charge on any atom is -0.463 e. The molecule has 4 N–H and O–H groups in total. The van der Waals surface area contributed by atoms with Crippen LogP contribution in [0.1, 0.15) is 13.3 Å². The molecule has 0 radical (unpaired) electrons. The smallest absolute Gasteiger partial charge is 0.307 e. The average Bonchev–Trinajstić information content (AvgIpc) is 2.99. The molecule has 1 heterocycles. The molecule has 0 aliphatic carbocycles. The SMILES string of the molecule is CC1CN1CCC(=O)OCC(N)(CO)CO. The molecule has 6 nitrogen and oxygen atoms in total. The summed E-state index contributed by atoms with van der Waals surface area (Å²) < 4.78 is 4.89. The summed E-state index contributed by atoms with van der Waals surface area (Å²) in [6, 6.07) is 0.566. The first-order valence-corrected chi connectivity index (χ1v) is 5.41. The van der Waals surface area contributed by atoms with Crippen molar-refractivity contribution < 1.29 is 19.7 Å². The van der Waals surface area contributed by atoms with Gasteiger partial charge in [0, 0.05) is 19.1 Å². The molecule has 0 bridgehead atoms. The summed E-state index contributed by atoms with van der Waals surface area (Å²) in [6.45, 7) is 2.82. The lowest BCUT2D eigenvalue weighted by molar-refractivity contribution is -0.146. The molecular weight excluding hydrogens is 212 g/mol. The fourth-order valence-electron chi connectivity index (χ4n) is 1.28. The van der Waals surface area contributed by atoms with Crippen molar-refractivity contribution in [1.29, 1.82) is 0 Å². The number of aliphatic hydroxyl groups excluding tert-OH is 2. The molecule has 94 valence electrons. The summed E-state index contributed by atoms with van der Waals surface area (Å²) in [7, 11) is 0. The van der Waals surface area contributed by atoms with Gasteiger partial charge in [-0.3, -0.25) is 9.69 Å². The molecule has 1 rings (SSSR count). The molecule has 1 aliphatic heterocycles. The van der Waals surface area contributed by atoms with Crippen LogP contribution in [0.2, 0.25) is 0 Å². The summed E-state index contributed by atoms with van der Waals surface area (Å²) in [6.07, 6.45) is 0.317. The van der Waals surface area contributed by atoms with E-state index in [1.54, 1.807) is 0 Å². The van der Waals surface area contributed by atoms with Crippen LogP contribution in [0, 0.1) is 0 Å². The van der Waals surface area contributed by atoms with Gasteiger partial charge in [-0.2, -0.15) is 0 Å². The molecule has 1 aliphatic rings. The van der Waals surface area contributed by atoms with E-state index in [0.29, 0.717) is 19.0 Å². The Labute approximate surface area is 95.0 Å². The lowest BCUT2D eigenvalue weighted by Gasteiger charge is -2.23. The van der Waals surface area contributed by atoms with E-state index in [-0.39, 0.29) is 12.6 Å². The molecule has 0 aromatic rings. The minimum atomic E-state index is -1.23. The Morgan fingerprint density at radius 3 is 2.56 bits per heavy atom. The topological polar surface area (TPSA) is 95.8 Å². The highest BCUT2D eigenvalue weighted by atomic mass is 16.5. The fourth-order valence-corrected chi connectivity index (χ4v) is 1.28. The van der Waals surface area contributed by atoms with E-state index in [9.17, 15) is 4.79 Å². The number of carbonyl (C=O) groups is 1. The predicted molar refractivity (Wildman–Crippen MR) is 57.7 cm³/mol. The molecule has 0 aromatic carbocycles. The van der Waals surface area contributed by atoms with Crippen molar-refractivity contribution in [3.63, 3.8) is 0 Å². The van der Waals surface area contributed by atoms with Crippen molar-refractivity contribution in [3.05, 3.63) is 0 Å². The van der Waals surface area contributed by atoms with Crippen LogP contribution >= 0.6 is 0 Å². The standard InChI is InChI=1S/C10H20N2O4/c1-8-4-12(8)3-2-9(15)16-7-10(11,5-13)6-14/h8,13-14H,2-7,11H2,1H3. The van der Waals surface area contributed by atoms with E-state index >= 15 is 0 Å².